The lowest BCUT2D eigenvalue weighted by atomic mass is 9.94. The van der Waals surface area contributed by atoms with Crippen molar-refractivity contribution in [2.24, 2.45) is 5.92 Å². The molecule has 0 aromatic heterocycles. The van der Waals surface area contributed by atoms with Gasteiger partial charge < -0.3 is 9.64 Å². The van der Waals surface area contributed by atoms with E-state index in [1.807, 2.05) is 13.8 Å². The van der Waals surface area contributed by atoms with Gasteiger partial charge in [0.25, 0.3) is 0 Å². The lowest BCUT2D eigenvalue weighted by Crippen LogP contribution is -2.52. The molecular formula is C17H32N2O2. The minimum atomic E-state index is -0.501. The Morgan fingerprint density at radius 2 is 2.14 bits per heavy atom. The summed E-state index contributed by atoms with van der Waals surface area (Å²) in [5.74, 6) is 0.740. The van der Waals surface area contributed by atoms with Crippen molar-refractivity contribution in [3.63, 3.8) is 0 Å². The van der Waals surface area contributed by atoms with Crippen LogP contribution in [0.25, 0.3) is 0 Å². The highest BCUT2D eigenvalue weighted by Crippen LogP contribution is 2.26. The lowest BCUT2D eigenvalue weighted by molar-refractivity contribution is -0.151. The number of piperidine rings is 1. The summed E-state index contributed by atoms with van der Waals surface area (Å²) in [6.07, 6.45) is 6.99. The van der Waals surface area contributed by atoms with Gasteiger partial charge in [0.2, 0.25) is 0 Å². The predicted molar refractivity (Wildman–Crippen MR) is 85.3 cm³/mol. The molecule has 2 atom stereocenters. The zero-order valence-electron chi connectivity index (χ0n) is 14.0. The van der Waals surface area contributed by atoms with Gasteiger partial charge >= 0.3 is 5.97 Å². The molecular weight excluding hydrogens is 264 g/mol. The van der Waals surface area contributed by atoms with Gasteiger partial charge in [-0.05, 0) is 71.4 Å². The Bertz CT molecular complexity index is 344. The molecule has 2 fully saturated rings. The number of hydrogen-bond donors (Lipinski definition) is 1. The average molecular weight is 296 g/mol. The highest BCUT2D eigenvalue weighted by atomic mass is 16.5. The molecule has 0 aromatic carbocycles. The van der Waals surface area contributed by atoms with Gasteiger partial charge in [-0.15, -0.1) is 0 Å². The molecule has 0 aromatic rings. The second-order valence-corrected chi connectivity index (χ2v) is 7.12. The third kappa shape index (κ3) is 5.26. The molecule has 0 spiro atoms. The standard InChI is InChI=1S/C17H32N2O2/c1-4-21-16(20)17(3,18-15-8-9-15)10-6-12-19-11-5-7-14(2)13-19/h14-15,18H,4-13H2,1-3H3. The minimum absolute atomic E-state index is 0.0797. The van der Waals surface area contributed by atoms with Crippen LogP contribution in [0.5, 0.6) is 0 Å². The van der Waals surface area contributed by atoms with Gasteiger partial charge in [-0.3, -0.25) is 10.1 Å². The Hall–Kier alpha value is -0.610. The van der Waals surface area contributed by atoms with Crippen LogP contribution in [0.3, 0.4) is 0 Å². The minimum Gasteiger partial charge on any atom is -0.465 e. The normalized spacial score (nSPS) is 26.3. The van der Waals surface area contributed by atoms with Crippen molar-refractivity contribution in [3.8, 4) is 0 Å². The molecule has 0 bridgehead atoms. The van der Waals surface area contributed by atoms with E-state index in [4.69, 9.17) is 4.74 Å². The van der Waals surface area contributed by atoms with Crippen LogP contribution in [0.4, 0.5) is 0 Å². The van der Waals surface area contributed by atoms with E-state index >= 15 is 0 Å². The van der Waals surface area contributed by atoms with E-state index in [0.717, 1.165) is 25.3 Å². The smallest absolute Gasteiger partial charge is 0.326 e. The van der Waals surface area contributed by atoms with Gasteiger partial charge in [-0.1, -0.05) is 6.92 Å². The zero-order valence-corrected chi connectivity index (χ0v) is 14.0. The maximum absolute atomic E-state index is 12.3. The van der Waals surface area contributed by atoms with E-state index in [1.54, 1.807) is 0 Å². The van der Waals surface area contributed by atoms with Gasteiger partial charge in [0, 0.05) is 12.6 Å². The zero-order chi connectivity index (χ0) is 15.3. The van der Waals surface area contributed by atoms with Crippen LogP contribution in [0, 0.1) is 5.92 Å². The first-order valence-corrected chi connectivity index (χ1v) is 8.71. The Morgan fingerprint density at radius 3 is 2.76 bits per heavy atom. The second-order valence-electron chi connectivity index (χ2n) is 7.12. The molecule has 1 heterocycles. The Kier molecular flexibility index (Phi) is 6.06. The van der Waals surface area contributed by atoms with E-state index in [0.29, 0.717) is 12.6 Å². The Balaban J connectivity index is 1.79. The Labute approximate surface area is 129 Å². The second kappa shape index (κ2) is 7.59. The van der Waals surface area contributed by atoms with Crippen molar-refractivity contribution in [2.75, 3.05) is 26.2 Å². The number of hydrogen-bond acceptors (Lipinski definition) is 4. The van der Waals surface area contributed by atoms with Crippen LogP contribution < -0.4 is 5.32 Å². The highest BCUT2D eigenvalue weighted by molar-refractivity contribution is 5.80. The number of rotatable bonds is 8. The summed E-state index contributed by atoms with van der Waals surface area (Å²) in [4.78, 5) is 14.8. The summed E-state index contributed by atoms with van der Waals surface area (Å²) in [6, 6.07) is 0.523. The summed E-state index contributed by atoms with van der Waals surface area (Å²) >= 11 is 0. The molecule has 2 rings (SSSR count). The third-order valence-electron chi connectivity index (χ3n) is 4.72. The number of carbonyl (C=O) groups excluding carboxylic acids is 1. The molecule has 21 heavy (non-hydrogen) atoms. The number of likely N-dealkylation sites (tertiary alicyclic amines) is 1. The van der Waals surface area contributed by atoms with Crippen LogP contribution in [0.2, 0.25) is 0 Å². The molecule has 1 aliphatic carbocycles. The van der Waals surface area contributed by atoms with Crippen molar-refractivity contribution >= 4 is 5.97 Å². The monoisotopic (exact) mass is 296 g/mol. The number of ether oxygens (including phenoxy) is 1. The summed E-state index contributed by atoms with van der Waals surface area (Å²) in [5.41, 5.74) is -0.501. The largest absolute Gasteiger partial charge is 0.465 e. The third-order valence-corrected chi connectivity index (χ3v) is 4.72. The molecule has 4 heteroatoms. The van der Waals surface area contributed by atoms with E-state index in [-0.39, 0.29) is 5.97 Å². The molecule has 122 valence electrons. The van der Waals surface area contributed by atoms with Gasteiger partial charge in [-0.2, -0.15) is 0 Å². The maximum atomic E-state index is 12.3. The van der Waals surface area contributed by atoms with E-state index < -0.39 is 5.54 Å². The van der Waals surface area contributed by atoms with Crippen LogP contribution in [0.1, 0.15) is 59.3 Å². The van der Waals surface area contributed by atoms with Gasteiger partial charge in [0.15, 0.2) is 0 Å². The van der Waals surface area contributed by atoms with E-state index in [2.05, 4.69) is 17.1 Å². The van der Waals surface area contributed by atoms with E-state index in [9.17, 15) is 4.79 Å². The summed E-state index contributed by atoms with van der Waals surface area (Å²) in [6.45, 7) is 10.2. The lowest BCUT2D eigenvalue weighted by Gasteiger charge is -2.33. The SMILES string of the molecule is CCOC(=O)C(C)(CCCN1CCCC(C)C1)NC1CC1. The van der Waals surface area contributed by atoms with Crippen LogP contribution >= 0.6 is 0 Å². The first kappa shape index (κ1) is 16.8. The van der Waals surface area contributed by atoms with Crippen molar-refractivity contribution in [2.45, 2.75) is 70.9 Å². The van der Waals surface area contributed by atoms with Crippen molar-refractivity contribution in [3.05, 3.63) is 0 Å². The van der Waals surface area contributed by atoms with Crippen LogP contribution in [-0.2, 0) is 9.53 Å². The molecule has 4 nitrogen and oxygen atoms in total. The van der Waals surface area contributed by atoms with Crippen molar-refractivity contribution < 1.29 is 9.53 Å². The number of esters is 1. The summed E-state index contributed by atoms with van der Waals surface area (Å²) in [7, 11) is 0. The van der Waals surface area contributed by atoms with E-state index in [1.165, 1.54) is 38.8 Å². The van der Waals surface area contributed by atoms with Gasteiger partial charge in [0.1, 0.15) is 5.54 Å². The fourth-order valence-electron chi connectivity index (χ4n) is 3.35. The number of carbonyl (C=O) groups is 1. The molecule has 1 saturated heterocycles. The number of nitrogens with one attached hydrogen (secondary N) is 1. The molecule has 1 aliphatic heterocycles. The fraction of sp³-hybridized carbons (Fsp3) is 0.941. The summed E-state index contributed by atoms with van der Waals surface area (Å²) in [5, 5.41) is 3.51. The van der Waals surface area contributed by atoms with Gasteiger partial charge in [-0.25, -0.2) is 0 Å². The topological polar surface area (TPSA) is 41.6 Å². The molecule has 2 unspecified atom stereocenters. The number of nitrogens with zero attached hydrogens (tertiary/aromatic N) is 1. The predicted octanol–water partition coefficient (Wildman–Crippen LogP) is 2.57. The highest BCUT2D eigenvalue weighted by Gasteiger charge is 2.39. The first-order valence-electron chi connectivity index (χ1n) is 8.71. The Morgan fingerprint density at radius 1 is 1.38 bits per heavy atom. The quantitative estimate of drug-likeness (QED) is 0.699. The average Bonchev–Trinajstić information content (AvgIpc) is 3.23. The summed E-state index contributed by atoms with van der Waals surface area (Å²) < 4.78 is 5.28. The van der Waals surface area contributed by atoms with Crippen LogP contribution in [0.15, 0.2) is 0 Å². The van der Waals surface area contributed by atoms with Crippen molar-refractivity contribution in [1.29, 1.82) is 0 Å². The molecule has 2 aliphatic rings. The van der Waals surface area contributed by atoms with Gasteiger partial charge in [0.05, 0.1) is 6.61 Å². The molecule has 0 radical (unpaired) electrons. The maximum Gasteiger partial charge on any atom is 0.326 e. The van der Waals surface area contributed by atoms with Crippen LogP contribution in [-0.4, -0.2) is 48.7 Å². The molecule has 0 amide bonds. The first-order chi connectivity index (χ1) is 10.0. The fourth-order valence-corrected chi connectivity index (χ4v) is 3.35. The molecule has 1 N–H and O–H groups in total. The molecule has 1 saturated carbocycles. The van der Waals surface area contributed by atoms with Crippen molar-refractivity contribution in [1.82, 2.24) is 10.2 Å².